The molecule has 0 aromatic heterocycles. The van der Waals surface area contributed by atoms with Crippen LogP contribution in [0.15, 0.2) is 18.2 Å². The summed E-state index contributed by atoms with van der Waals surface area (Å²) in [7, 11) is 0. The van der Waals surface area contributed by atoms with Crippen LogP contribution in [0.3, 0.4) is 0 Å². The highest BCUT2D eigenvalue weighted by molar-refractivity contribution is 7.99. The second-order valence-corrected chi connectivity index (χ2v) is 4.67. The molecule has 0 saturated carbocycles. The molecule has 0 unspecified atom stereocenters. The van der Waals surface area contributed by atoms with Crippen LogP contribution in [0.5, 0.6) is 0 Å². The average Bonchev–Trinajstić information content (AvgIpc) is 2.29. The maximum atomic E-state index is 11.5. The predicted octanol–water partition coefficient (Wildman–Crippen LogP) is 1.88. The molecule has 4 nitrogen and oxygen atoms in total. The van der Waals surface area contributed by atoms with Crippen molar-refractivity contribution in [3.05, 3.63) is 28.8 Å². The van der Waals surface area contributed by atoms with Gasteiger partial charge in [0.15, 0.2) is 0 Å². The van der Waals surface area contributed by atoms with Crippen molar-refractivity contribution < 1.29 is 9.90 Å². The van der Waals surface area contributed by atoms with Gasteiger partial charge in [-0.2, -0.15) is 5.26 Å². The number of benzene rings is 1. The third-order valence-electron chi connectivity index (χ3n) is 1.84. The van der Waals surface area contributed by atoms with Crippen LogP contribution >= 0.6 is 23.4 Å². The lowest BCUT2D eigenvalue weighted by Crippen LogP contribution is -2.15. The number of nitrogens with one attached hydrogen (secondary N) is 1. The van der Waals surface area contributed by atoms with Crippen LogP contribution in [0.2, 0.25) is 5.02 Å². The van der Waals surface area contributed by atoms with Gasteiger partial charge >= 0.3 is 0 Å². The van der Waals surface area contributed by atoms with Gasteiger partial charge in [0.1, 0.15) is 6.07 Å². The van der Waals surface area contributed by atoms with E-state index in [1.165, 1.54) is 17.8 Å². The number of rotatable bonds is 5. The Morgan fingerprint density at radius 1 is 1.59 bits per heavy atom. The topological polar surface area (TPSA) is 73.1 Å². The van der Waals surface area contributed by atoms with E-state index < -0.39 is 0 Å². The van der Waals surface area contributed by atoms with E-state index in [1.54, 1.807) is 12.1 Å². The maximum absolute atomic E-state index is 11.5. The molecule has 0 fully saturated rings. The molecule has 0 radical (unpaired) electrons. The van der Waals surface area contributed by atoms with Gasteiger partial charge in [0, 0.05) is 10.8 Å². The lowest BCUT2D eigenvalue weighted by atomic mass is 10.2. The van der Waals surface area contributed by atoms with Gasteiger partial charge in [0.25, 0.3) is 0 Å². The van der Waals surface area contributed by atoms with Crippen LogP contribution in [0.25, 0.3) is 0 Å². The van der Waals surface area contributed by atoms with Gasteiger partial charge < -0.3 is 10.4 Å². The Balaban J connectivity index is 2.64. The number of nitriles is 1. The van der Waals surface area contributed by atoms with Crippen molar-refractivity contribution in [2.24, 2.45) is 0 Å². The quantitative estimate of drug-likeness (QED) is 0.801. The highest BCUT2D eigenvalue weighted by Gasteiger charge is 2.07. The summed E-state index contributed by atoms with van der Waals surface area (Å²) in [4.78, 5) is 11.5. The molecule has 1 amide bonds. The minimum Gasteiger partial charge on any atom is -0.396 e. The summed E-state index contributed by atoms with van der Waals surface area (Å²) in [6.45, 7) is 0.0402. The van der Waals surface area contributed by atoms with Crippen molar-refractivity contribution in [1.82, 2.24) is 0 Å². The van der Waals surface area contributed by atoms with Gasteiger partial charge in [-0.25, -0.2) is 0 Å². The zero-order valence-electron chi connectivity index (χ0n) is 8.94. The normalized spacial score (nSPS) is 9.71. The molecule has 2 N–H and O–H groups in total. The summed E-state index contributed by atoms with van der Waals surface area (Å²) in [6.07, 6.45) is 0. The summed E-state index contributed by atoms with van der Waals surface area (Å²) in [5.74, 6) is 0.522. The zero-order valence-corrected chi connectivity index (χ0v) is 10.5. The molecule has 0 aliphatic heterocycles. The molecule has 17 heavy (non-hydrogen) atoms. The number of hydrogen-bond donors (Lipinski definition) is 2. The molecular weight excluding hydrogens is 260 g/mol. The zero-order chi connectivity index (χ0) is 12.7. The van der Waals surface area contributed by atoms with Gasteiger partial charge in [0.2, 0.25) is 5.91 Å². The standard InChI is InChI=1S/C11H11ClN2O2S/c12-9-2-1-8(6-13)10(5-9)14-11(16)7-17-4-3-15/h1-2,5,15H,3-4,7H2,(H,14,16). The third kappa shape index (κ3) is 4.65. The Labute approximate surface area is 109 Å². The van der Waals surface area contributed by atoms with E-state index in [4.69, 9.17) is 22.0 Å². The van der Waals surface area contributed by atoms with Crippen molar-refractivity contribution in [3.8, 4) is 6.07 Å². The minimum atomic E-state index is -0.220. The van der Waals surface area contributed by atoms with E-state index in [1.807, 2.05) is 6.07 Å². The van der Waals surface area contributed by atoms with Gasteiger partial charge in [-0.15, -0.1) is 11.8 Å². The summed E-state index contributed by atoms with van der Waals surface area (Å²) in [5.41, 5.74) is 0.782. The van der Waals surface area contributed by atoms with E-state index in [9.17, 15) is 4.79 Å². The van der Waals surface area contributed by atoms with E-state index in [-0.39, 0.29) is 18.3 Å². The molecule has 0 bridgehead atoms. The number of hydrogen-bond acceptors (Lipinski definition) is 4. The van der Waals surface area contributed by atoms with E-state index in [0.29, 0.717) is 22.0 Å². The maximum Gasteiger partial charge on any atom is 0.234 e. The van der Waals surface area contributed by atoms with E-state index in [2.05, 4.69) is 5.32 Å². The first-order valence-corrected chi connectivity index (χ1v) is 6.38. The average molecular weight is 271 g/mol. The van der Waals surface area contributed by atoms with Gasteiger partial charge in [-0.1, -0.05) is 11.6 Å². The van der Waals surface area contributed by atoms with Crippen LogP contribution in [-0.2, 0) is 4.79 Å². The molecule has 0 atom stereocenters. The smallest absolute Gasteiger partial charge is 0.234 e. The first kappa shape index (κ1) is 13.8. The fourth-order valence-corrected chi connectivity index (χ4v) is 1.84. The third-order valence-corrected chi connectivity index (χ3v) is 3.02. The lowest BCUT2D eigenvalue weighted by molar-refractivity contribution is -0.113. The van der Waals surface area contributed by atoms with E-state index >= 15 is 0 Å². The van der Waals surface area contributed by atoms with Crippen molar-refractivity contribution in [1.29, 1.82) is 5.26 Å². The largest absolute Gasteiger partial charge is 0.396 e. The number of halogens is 1. The lowest BCUT2D eigenvalue weighted by Gasteiger charge is -2.07. The predicted molar refractivity (Wildman–Crippen MR) is 69.2 cm³/mol. The summed E-state index contributed by atoms with van der Waals surface area (Å²) < 4.78 is 0. The SMILES string of the molecule is N#Cc1ccc(Cl)cc1NC(=O)CSCCO. The van der Waals surface area contributed by atoms with Crippen LogP contribution < -0.4 is 5.32 Å². The number of anilines is 1. The summed E-state index contributed by atoms with van der Waals surface area (Å²) >= 11 is 7.11. The molecule has 0 spiro atoms. The molecule has 0 saturated heterocycles. The fraction of sp³-hybridized carbons (Fsp3) is 0.273. The number of nitrogens with zero attached hydrogens (tertiary/aromatic N) is 1. The van der Waals surface area contributed by atoms with Gasteiger partial charge in [-0.05, 0) is 18.2 Å². The molecule has 1 aromatic rings. The molecule has 1 rings (SSSR count). The Hall–Kier alpha value is -1.22. The van der Waals surface area contributed by atoms with Crippen molar-refractivity contribution in [3.63, 3.8) is 0 Å². The molecule has 6 heteroatoms. The first-order chi connectivity index (χ1) is 8.17. The Kier molecular flexibility index (Phi) is 5.84. The number of aliphatic hydroxyl groups is 1. The number of carbonyl (C=O) groups excluding carboxylic acids is 1. The van der Waals surface area contributed by atoms with Crippen molar-refractivity contribution >= 4 is 35.0 Å². The molecule has 0 aliphatic carbocycles. The molecule has 1 aromatic carbocycles. The van der Waals surface area contributed by atoms with Crippen LogP contribution in [0.4, 0.5) is 5.69 Å². The highest BCUT2D eigenvalue weighted by Crippen LogP contribution is 2.20. The molecule has 0 aliphatic rings. The number of aliphatic hydroxyl groups excluding tert-OH is 1. The van der Waals surface area contributed by atoms with Crippen molar-refractivity contribution in [2.75, 3.05) is 23.4 Å². The number of carbonyl (C=O) groups is 1. The highest BCUT2D eigenvalue weighted by atomic mass is 35.5. The van der Waals surface area contributed by atoms with Crippen LogP contribution in [-0.4, -0.2) is 29.1 Å². The Morgan fingerprint density at radius 2 is 2.35 bits per heavy atom. The first-order valence-electron chi connectivity index (χ1n) is 4.85. The molecule has 0 heterocycles. The minimum absolute atomic E-state index is 0.0402. The summed E-state index contributed by atoms with van der Waals surface area (Å²) in [5, 5.41) is 20.5. The fourth-order valence-electron chi connectivity index (χ4n) is 1.13. The summed E-state index contributed by atoms with van der Waals surface area (Å²) in [6, 6.07) is 6.66. The molecule has 90 valence electrons. The van der Waals surface area contributed by atoms with Crippen LogP contribution in [0, 0.1) is 11.3 Å². The monoisotopic (exact) mass is 270 g/mol. The van der Waals surface area contributed by atoms with Gasteiger partial charge in [-0.3, -0.25) is 4.79 Å². The van der Waals surface area contributed by atoms with Crippen LogP contribution in [0.1, 0.15) is 5.56 Å². The van der Waals surface area contributed by atoms with Gasteiger partial charge in [0.05, 0.1) is 23.6 Å². The number of amides is 1. The number of thioether (sulfide) groups is 1. The Morgan fingerprint density at radius 3 is 3.00 bits per heavy atom. The molecular formula is C11H11ClN2O2S. The second-order valence-electron chi connectivity index (χ2n) is 3.13. The Bertz CT molecular complexity index is 446. The van der Waals surface area contributed by atoms with Crippen molar-refractivity contribution in [2.45, 2.75) is 0 Å². The second kappa shape index (κ2) is 7.17. The van der Waals surface area contributed by atoms with E-state index in [0.717, 1.165) is 0 Å².